The van der Waals surface area contributed by atoms with Crippen LogP contribution in [0.25, 0.3) is 11.4 Å². The molecule has 0 saturated heterocycles. The summed E-state index contributed by atoms with van der Waals surface area (Å²) < 4.78 is 10.0. The number of aromatic nitrogens is 2. The normalized spacial score (nSPS) is 16.1. The topological polar surface area (TPSA) is 65.2 Å². The molecule has 1 aromatic heterocycles. The lowest BCUT2D eigenvalue weighted by Crippen LogP contribution is -2.22. The van der Waals surface area contributed by atoms with Crippen LogP contribution in [0.5, 0.6) is 0 Å². The third-order valence-corrected chi connectivity index (χ3v) is 3.44. The Morgan fingerprint density at radius 3 is 2.84 bits per heavy atom. The second-order valence-corrected chi connectivity index (χ2v) is 4.87. The van der Waals surface area contributed by atoms with Crippen LogP contribution in [-0.4, -0.2) is 23.2 Å². The second kappa shape index (κ2) is 4.19. The number of carbonyl (C=O) groups is 1. The van der Waals surface area contributed by atoms with E-state index in [0.29, 0.717) is 24.6 Å². The Balaban J connectivity index is 1.94. The monoisotopic (exact) mass is 258 g/mol. The highest BCUT2D eigenvalue weighted by molar-refractivity contribution is 5.85. The predicted octanol–water partition coefficient (Wildman–Crippen LogP) is 2.25. The van der Waals surface area contributed by atoms with Crippen LogP contribution in [0.1, 0.15) is 24.3 Å². The molecule has 1 aliphatic rings. The fourth-order valence-corrected chi connectivity index (χ4v) is 2.14. The molecule has 0 atom stereocenters. The standard InChI is InChI=1S/C14H14N2O3/c1-9-4-3-5-10(8-9)11-15-12(19-16-11)14(6-7-14)13(17)18-2/h3-5,8H,6-7H2,1-2H3. The van der Waals surface area contributed by atoms with Crippen LogP contribution in [0.2, 0.25) is 0 Å². The number of hydrogen-bond donors (Lipinski definition) is 0. The van der Waals surface area contributed by atoms with Crippen molar-refractivity contribution < 1.29 is 14.1 Å². The van der Waals surface area contributed by atoms with Crippen molar-refractivity contribution >= 4 is 5.97 Å². The molecule has 1 fully saturated rings. The lowest BCUT2D eigenvalue weighted by molar-refractivity contribution is -0.144. The van der Waals surface area contributed by atoms with Crippen molar-refractivity contribution in [3.8, 4) is 11.4 Å². The van der Waals surface area contributed by atoms with E-state index in [1.807, 2.05) is 31.2 Å². The van der Waals surface area contributed by atoms with Crippen molar-refractivity contribution in [1.82, 2.24) is 10.1 Å². The number of benzene rings is 1. The summed E-state index contributed by atoms with van der Waals surface area (Å²) in [4.78, 5) is 16.1. The fraction of sp³-hybridized carbons (Fsp3) is 0.357. The number of aryl methyl sites for hydroxylation is 1. The Labute approximate surface area is 110 Å². The van der Waals surface area contributed by atoms with E-state index in [0.717, 1.165) is 11.1 Å². The molecule has 1 aliphatic carbocycles. The lowest BCUT2D eigenvalue weighted by Gasteiger charge is -2.05. The van der Waals surface area contributed by atoms with Gasteiger partial charge in [-0.15, -0.1) is 0 Å². The summed E-state index contributed by atoms with van der Waals surface area (Å²) in [6, 6.07) is 7.83. The van der Waals surface area contributed by atoms with Gasteiger partial charge in [0.1, 0.15) is 5.41 Å². The molecule has 0 unspecified atom stereocenters. The van der Waals surface area contributed by atoms with Crippen molar-refractivity contribution in [2.75, 3.05) is 7.11 Å². The number of esters is 1. The molecule has 5 heteroatoms. The summed E-state index contributed by atoms with van der Waals surface area (Å²) in [6.45, 7) is 2.00. The van der Waals surface area contributed by atoms with E-state index in [1.54, 1.807) is 0 Å². The number of methoxy groups -OCH3 is 1. The summed E-state index contributed by atoms with van der Waals surface area (Å²) >= 11 is 0. The summed E-state index contributed by atoms with van der Waals surface area (Å²) in [5, 5.41) is 3.96. The van der Waals surface area contributed by atoms with Crippen LogP contribution in [0.15, 0.2) is 28.8 Å². The van der Waals surface area contributed by atoms with E-state index < -0.39 is 5.41 Å². The molecule has 1 heterocycles. The van der Waals surface area contributed by atoms with Crippen molar-refractivity contribution in [3.63, 3.8) is 0 Å². The molecule has 1 aromatic carbocycles. The molecule has 0 radical (unpaired) electrons. The minimum atomic E-state index is -0.705. The zero-order chi connectivity index (χ0) is 13.5. The molecular formula is C14H14N2O3. The highest BCUT2D eigenvalue weighted by Gasteiger charge is 2.57. The summed E-state index contributed by atoms with van der Waals surface area (Å²) in [7, 11) is 1.38. The minimum Gasteiger partial charge on any atom is -0.468 e. The number of ether oxygens (including phenoxy) is 1. The molecule has 1 saturated carbocycles. The molecule has 19 heavy (non-hydrogen) atoms. The van der Waals surface area contributed by atoms with Gasteiger partial charge in [-0.1, -0.05) is 28.9 Å². The van der Waals surface area contributed by atoms with Crippen molar-refractivity contribution in [3.05, 3.63) is 35.7 Å². The molecule has 3 rings (SSSR count). The van der Waals surface area contributed by atoms with Crippen LogP contribution >= 0.6 is 0 Å². The van der Waals surface area contributed by atoms with Crippen molar-refractivity contribution in [1.29, 1.82) is 0 Å². The molecule has 0 amide bonds. The van der Waals surface area contributed by atoms with Crippen LogP contribution in [0.4, 0.5) is 0 Å². The van der Waals surface area contributed by atoms with Crippen LogP contribution in [0, 0.1) is 6.92 Å². The van der Waals surface area contributed by atoms with E-state index in [9.17, 15) is 4.79 Å². The third-order valence-electron chi connectivity index (χ3n) is 3.44. The lowest BCUT2D eigenvalue weighted by atomic mass is 10.1. The average Bonchev–Trinajstić information content (AvgIpc) is 3.08. The maximum Gasteiger partial charge on any atom is 0.321 e. The Morgan fingerprint density at radius 2 is 2.21 bits per heavy atom. The first-order valence-corrected chi connectivity index (χ1v) is 6.15. The van der Waals surface area contributed by atoms with Gasteiger partial charge in [0.25, 0.3) is 0 Å². The highest BCUT2D eigenvalue weighted by Crippen LogP contribution is 2.48. The number of nitrogens with zero attached hydrogens (tertiary/aromatic N) is 2. The summed E-state index contributed by atoms with van der Waals surface area (Å²) in [6.07, 6.45) is 1.41. The van der Waals surface area contributed by atoms with Gasteiger partial charge >= 0.3 is 5.97 Å². The zero-order valence-corrected chi connectivity index (χ0v) is 10.8. The van der Waals surface area contributed by atoms with Gasteiger partial charge in [-0.2, -0.15) is 4.98 Å². The third kappa shape index (κ3) is 1.91. The molecular weight excluding hydrogens is 244 g/mol. The Bertz CT molecular complexity index is 629. The smallest absolute Gasteiger partial charge is 0.321 e. The molecule has 5 nitrogen and oxygen atoms in total. The maximum absolute atomic E-state index is 11.7. The van der Waals surface area contributed by atoms with E-state index in [2.05, 4.69) is 10.1 Å². The second-order valence-electron chi connectivity index (χ2n) is 4.87. The molecule has 0 bridgehead atoms. The van der Waals surface area contributed by atoms with Gasteiger partial charge in [-0.3, -0.25) is 4.79 Å². The number of carbonyl (C=O) groups excluding carboxylic acids is 1. The predicted molar refractivity (Wildman–Crippen MR) is 67.4 cm³/mol. The van der Waals surface area contributed by atoms with Gasteiger partial charge in [0.05, 0.1) is 7.11 Å². The fourth-order valence-electron chi connectivity index (χ4n) is 2.14. The first-order chi connectivity index (χ1) is 9.15. The summed E-state index contributed by atoms with van der Waals surface area (Å²) in [5.41, 5.74) is 1.30. The van der Waals surface area contributed by atoms with Gasteiger partial charge < -0.3 is 9.26 Å². The van der Waals surface area contributed by atoms with Crippen LogP contribution in [0.3, 0.4) is 0 Å². The Hall–Kier alpha value is -2.17. The first-order valence-electron chi connectivity index (χ1n) is 6.15. The minimum absolute atomic E-state index is 0.299. The van der Waals surface area contributed by atoms with Gasteiger partial charge in [0, 0.05) is 5.56 Å². The van der Waals surface area contributed by atoms with E-state index in [1.165, 1.54) is 7.11 Å². The SMILES string of the molecule is COC(=O)C1(c2nc(-c3cccc(C)c3)no2)CC1. The van der Waals surface area contributed by atoms with E-state index >= 15 is 0 Å². The zero-order valence-electron chi connectivity index (χ0n) is 10.8. The van der Waals surface area contributed by atoms with Gasteiger partial charge in [0.15, 0.2) is 0 Å². The number of hydrogen-bond acceptors (Lipinski definition) is 5. The first kappa shape index (κ1) is 11.9. The maximum atomic E-state index is 11.7. The Morgan fingerprint density at radius 1 is 1.42 bits per heavy atom. The van der Waals surface area contributed by atoms with Crippen molar-refractivity contribution in [2.24, 2.45) is 0 Å². The van der Waals surface area contributed by atoms with Crippen LogP contribution < -0.4 is 0 Å². The van der Waals surface area contributed by atoms with E-state index in [4.69, 9.17) is 9.26 Å². The largest absolute Gasteiger partial charge is 0.468 e. The van der Waals surface area contributed by atoms with Gasteiger partial charge in [0.2, 0.25) is 11.7 Å². The number of rotatable bonds is 3. The molecule has 2 aromatic rings. The molecule has 0 spiro atoms. The summed E-state index contributed by atoms with van der Waals surface area (Å²) in [5.74, 6) is 0.566. The highest BCUT2D eigenvalue weighted by atomic mass is 16.5. The van der Waals surface area contributed by atoms with Crippen LogP contribution in [-0.2, 0) is 14.9 Å². The quantitative estimate of drug-likeness (QED) is 0.790. The van der Waals surface area contributed by atoms with Crippen molar-refractivity contribution in [2.45, 2.75) is 25.2 Å². The van der Waals surface area contributed by atoms with E-state index in [-0.39, 0.29) is 5.97 Å². The molecule has 98 valence electrons. The molecule has 0 aliphatic heterocycles. The average molecular weight is 258 g/mol. The van der Waals surface area contributed by atoms with Gasteiger partial charge in [-0.05, 0) is 25.8 Å². The Kier molecular flexibility index (Phi) is 2.62. The van der Waals surface area contributed by atoms with Gasteiger partial charge in [-0.25, -0.2) is 0 Å². The molecule has 0 N–H and O–H groups in total.